The molecule has 0 radical (unpaired) electrons. The molecule has 1 saturated carbocycles. The van der Waals surface area contributed by atoms with Crippen molar-refractivity contribution in [2.45, 2.75) is 63.2 Å². The predicted molar refractivity (Wildman–Crippen MR) is 121 cm³/mol. The van der Waals surface area contributed by atoms with Crippen LogP contribution in [0.5, 0.6) is 0 Å². The van der Waals surface area contributed by atoms with E-state index in [2.05, 4.69) is 11.1 Å². The molecule has 1 aromatic heterocycles. The molecule has 0 aliphatic heterocycles. The zero-order valence-electron chi connectivity index (χ0n) is 17.7. The number of rotatable bonds is 6. The Labute approximate surface area is 186 Å². The fourth-order valence-corrected chi connectivity index (χ4v) is 5.02. The first-order chi connectivity index (χ1) is 14.3. The Morgan fingerprint density at radius 2 is 2.07 bits per heavy atom. The highest BCUT2D eigenvalue weighted by molar-refractivity contribution is 7.99. The first-order valence-electron chi connectivity index (χ1n) is 10.3. The number of aromatic nitrogens is 2. The minimum absolute atomic E-state index is 0.120. The summed E-state index contributed by atoms with van der Waals surface area (Å²) in [6.07, 6.45) is 4.45. The Kier molecular flexibility index (Phi) is 7.10. The third kappa shape index (κ3) is 4.65. The van der Waals surface area contributed by atoms with Crippen LogP contribution in [0.1, 0.15) is 46.0 Å². The molecule has 30 heavy (non-hydrogen) atoms. The number of amides is 1. The van der Waals surface area contributed by atoms with Crippen molar-refractivity contribution in [2.24, 2.45) is 5.92 Å². The Balaban J connectivity index is 1.87. The molecule has 1 heterocycles. The summed E-state index contributed by atoms with van der Waals surface area (Å²) in [5.41, 5.74) is -0.310. The van der Waals surface area contributed by atoms with Crippen LogP contribution in [0, 0.1) is 17.2 Å². The van der Waals surface area contributed by atoms with Crippen LogP contribution in [0.25, 0.3) is 10.9 Å². The number of benzene rings is 1. The third-order valence-corrected chi connectivity index (χ3v) is 6.85. The molecular weight excluding hydrogens is 420 g/mol. The van der Waals surface area contributed by atoms with E-state index >= 15 is 0 Å². The number of nitrogens with zero attached hydrogens (tertiary/aromatic N) is 4. The molecule has 8 heteroatoms. The van der Waals surface area contributed by atoms with Gasteiger partial charge in [0.05, 0.1) is 22.7 Å². The largest absolute Gasteiger partial charge is 0.326 e. The Morgan fingerprint density at radius 3 is 2.70 bits per heavy atom. The maximum Gasteiger partial charge on any atom is 0.262 e. The van der Waals surface area contributed by atoms with E-state index < -0.39 is 5.54 Å². The normalized spacial score (nSPS) is 15.9. The number of carbonyl (C=O) groups excluding carboxylic acids is 1. The lowest BCUT2D eigenvalue weighted by atomic mass is 9.81. The van der Waals surface area contributed by atoms with Crippen molar-refractivity contribution >= 4 is 40.2 Å². The molecule has 1 amide bonds. The maximum atomic E-state index is 13.1. The van der Waals surface area contributed by atoms with Gasteiger partial charge in [-0.3, -0.25) is 14.2 Å². The first-order valence-corrected chi connectivity index (χ1v) is 11.6. The van der Waals surface area contributed by atoms with Crippen molar-refractivity contribution in [2.75, 3.05) is 12.8 Å². The fourth-order valence-electron chi connectivity index (χ4n) is 3.93. The van der Waals surface area contributed by atoms with Gasteiger partial charge in [-0.05, 0) is 37.0 Å². The molecule has 3 rings (SSSR count). The van der Waals surface area contributed by atoms with E-state index in [-0.39, 0.29) is 23.1 Å². The highest BCUT2D eigenvalue weighted by Crippen LogP contribution is 2.33. The molecule has 1 aliphatic rings. The summed E-state index contributed by atoms with van der Waals surface area (Å²) in [5, 5.41) is 11.2. The summed E-state index contributed by atoms with van der Waals surface area (Å²) in [4.78, 5) is 32.2. The SMILES string of the molecule is CC(C)Cn1c(SCC(=O)N(C)C2(C#N)CCCCC2)nc2ccc(Cl)cc2c1=O. The highest BCUT2D eigenvalue weighted by Gasteiger charge is 2.38. The van der Waals surface area contributed by atoms with Crippen LogP contribution >= 0.6 is 23.4 Å². The van der Waals surface area contributed by atoms with Crippen LogP contribution in [0.15, 0.2) is 28.2 Å². The molecule has 6 nitrogen and oxygen atoms in total. The number of fused-ring (bicyclic) bond motifs is 1. The zero-order chi connectivity index (χ0) is 21.9. The number of carbonyl (C=O) groups is 1. The molecule has 1 aromatic carbocycles. The van der Waals surface area contributed by atoms with Crippen molar-refractivity contribution in [1.82, 2.24) is 14.5 Å². The van der Waals surface area contributed by atoms with E-state index in [1.165, 1.54) is 11.8 Å². The van der Waals surface area contributed by atoms with Crippen LogP contribution in [0.4, 0.5) is 0 Å². The third-order valence-electron chi connectivity index (χ3n) is 5.66. The number of halogens is 1. The average molecular weight is 447 g/mol. The van der Waals surface area contributed by atoms with Gasteiger partial charge in [0.1, 0.15) is 5.54 Å². The molecule has 2 aromatic rings. The van der Waals surface area contributed by atoms with E-state index in [4.69, 9.17) is 11.6 Å². The van der Waals surface area contributed by atoms with Gasteiger partial charge in [-0.1, -0.05) is 56.5 Å². The van der Waals surface area contributed by atoms with Crippen LogP contribution in [0.2, 0.25) is 5.02 Å². The summed E-state index contributed by atoms with van der Waals surface area (Å²) >= 11 is 7.32. The number of thioether (sulfide) groups is 1. The van der Waals surface area contributed by atoms with Crippen LogP contribution in [0.3, 0.4) is 0 Å². The molecule has 0 unspecified atom stereocenters. The van der Waals surface area contributed by atoms with Gasteiger partial charge < -0.3 is 4.90 Å². The minimum atomic E-state index is -0.721. The van der Waals surface area contributed by atoms with Gasteiger partial charge in [-0.15, -0.1) is 0 Å². The number of hydrogen-bond acceptors (Lipinski definition) is 5. The smallest absolute Gasteiger partial charge is 0.262 e. The summed E-state index contributed by atoms with van der Waals surface area (Å²) in [6.45, 7) is 4.56. The molecule has 0 bridgehead atoms. The van der Waals surface area contributed by atoms with Gasteiger partial charge in [-0.2, -0.15) is 5.26 Å². The summed E-state index contributed by atoms with van der Waals surface area (Å²) in [6, 6.07) is 7.45. The Morgan fingerprint density at radius 1 is 1.37 bits per heavy atom. The molecule has 0 saturated heterocycles. The Hall–Kier alpha value is -2.04. The molecular formula is C22H27ClN4O2S. The monoisotopic (exact) mass is 446 g/mol. The van der Waals surface area contributed by atoms with E-state index in [1.54, 1.807) is 34.7 Å². The maximum absolute atomic E-state index is 13.1. The van der Waals surface area contributed by atoms with Gasteiger partial charge in [0.2, 0.25) is 5.91 Å². The summed E-state index contributed by atoms with van der Waals surface area (Å²) < 4.78 is 1.63. The van der Waals surface area contributed by atoms with E-state index in [1.807, 2.05) is 13.8 Å². The highest BCUT2D eigenvalue weighted by atomic mass is 35.5. The molecule has 0 N–H and O–H groups in total. The van der Waals surface area contributed by atoms with Crippen molar-refractivity contribution in [3.63, 3.8) is 0 Å². The molecule has 0 atom stereocenters. The lowest BCUT2D eigenvalue weighted by Gasteiger charge is -2.39. The second-order valence-corrected chi connectivity index (χ2v) is 9.69. The molecule has 1 aliphatic carbocycles. The second-order valence-electron chi connectivity index (χ2n) is 8.31. The van der Waals surface area contributed by atoms with Gasteiger partial charge in [0, 0.05) is 18.6 Å². The van der Waals surface area contributed by atoms with Gasteiger partial charge in [0.25, 0.3) is 5.56 Å². The molecule has 160 valence electrons. The topological polar surface area (TPSA) is 79.0 Å². The van der Waals surface area contributed by atoms with Crippen molar-refractivity contribution in [3.8, 4) is 6.07 Å². The lowest BCUT2D eigenvalue weighted by Crippen LogP contribution is -2.50. The van der Waals surface area contributed by atoms with E-state index in [9.17, 15) is 14.9 Å². The molecule has 1 fully saturated rings. The van der Waals surface area contributed by atoms with Crippen molar-refractivity contribution < 1.29 is 4.79 Å². The minimum Gasteiger partial charge on any atom is -0.326 e. The van der Waals surface area contributed by atoms with Gasteiger partial charge in [-0.25, -0.2) is 4.98 Å². The lowest BCUT2D eigenvalue weighted by molar-refractivity contribution is -0.131. The van der Waals surface area contributed by atoms with Gasteiger partial charge >= 0.3 is 0 Å². The van der Waals surface area contributed by atoms with E-state index in [0.29, 0.717) is 40.5 Å². The average Bonchev–Trinajstić information content (AvgIpc) is 2.74. The predicted octanol–water partition coefficient (Wildman–Crippen LogP) is 4.48. The first kappa shape index (κ1) is 22.6. The number of nitriles is 1. The molecule has 0 spiro atoms. The quantitative estimate of drug-likeness (QED) is 0.482. The fraction of sp³-hybridized carbons (Fsp3) is 0.545. The summed E-state index contributed by atoms with van der Waals surface area (Å²) in [5.74, 6) is 0.247. The Bertz CT molecular complexity index is 1040. The standard InChI is InChI=1S/C22H27ClN4O2S/c1-15(2)12-27-20(29)17-11-16(23)7-8-18(17)25-21(27)30-13-19(28)26(3)22(14-24)9-5-4-6-10-22/h7-8,11,15H,4-6,9-10,12-13H2,1-3H3. The van der Waals surface area contributed by atoms with Crippen molar-refractivity contribution in [1.29, 1.82) is 5.26 Å². The zero-order valence-corrected chi connectivity index (χ0v) is 19.2. The van der Waals surface area contributed by atoms with Crippen LogP contribution in [-0.2, 0) is 11.3 Å². The second kappa shape index (κ2) is 9.40. The van der Waals surface area contributed by atoms with E-state index in [0.717, 1.165) is 19.3 Å². The number of hydrogen-bond donors (Lipinski definition) is 0. The van der Waals surface area contributed by atoms with Gasteiger partial charge in [0.15, 0.2) is 5.16 Å². The summed E-state index contributed by atoms with van der Waals surface area (Å²) in [7, 11) is 1.72. The van der Waals surface area contributed by atoms with Crippen molar-refractivity contribution in [3.05, 3.63) is 33.6 Å². The van der Waals surface area contributed by atoms with Crippen LogP contribution < -0.4 is 5.56 Å². The van der Waals surface area contributed by atoms with Crippen LogP contribution in [-0.4, -0.2) is 38.7 Å².